The zero-order chi connectivity index (χ0) is 19.3. The Bertz CT molecular complexity index is 970. The molecule has 6 nitrogen and oxygen atoms in total. The van der Waals surface area contributed by atoms with Gasteiger partial charge >= 0.3 is 0 Å². The molecule has 2 aromatic carbocycles. The van der Waals surface area contributed by atoms with Crippen LogP contribution in [0.25, 0.3) is 11.3 Å². The summed E-state index contributed by atoms with van der Waals surface area (Å²) < 4.78 is 5.49. The Morgan fingerprint density at radius 2 is 1.97 bits per heavy atom. The van der Waals surface area contributed by atoms with Crippen LogP contribution in [0.3, 0.4) is 0 Å². The fraction of sp³-hybridized carbons (Fsp3) is 0.273. The number of nitrogens with one attached hydrogen (secondary N) is 2. The van der Waals surface area contributed by atoms with Gasteiger partial charge in [0.05, 0.1) is 31.6 Å². The monoisotopic (exact) mass is 503 g/mol. The number of nitrogens with zero attached hydrogens (tertiary/aromatic N) is 3. The molecule has 0 bridgehead atoms. The standard InChI is InChI=1S/C22H25N5O.HI/c1-23-22(25-11-16-8-9-18-14-28-15-19(18)10-16)27(2)13-21-24-12-20(26-21)17-6-4-3-5-7-17;/h3-10,12H,11,13-15H2,1-2H3,(H,23,25)(H,24,26);1H. The Morgan fingerprint density at radius 3 is 2.76 bits per heavy atom. The normalized spacial score (nSPS) is 13.0. The summed E-state index contributed by atoms with van der Waals surface area (Å²) in [7, 11) is 3.81. The summed E-state index contributed by atoms with van der Waals surface area (Å²) >= 11 is 0. The van der Waals surface area contributed by atoms with Gasteiger partial charge in [0.1, 0.15) is 5.82 Å². The van der Waals surface area contributed by atoms with E-state index in [1.54, 1.807) is 7.05 Å². The van der Waals surface area contributed by atoms with Gasteiger partial charge in [0.25, 0.3) is 0 Å². The van der Waals surface area contributed by atoms with Gasteiger partial charge in [0.15, 0.2) is 5.96 Å². The maximum absolute atomic E-state index is 5.49. The highest BCUT2D eigenvalue weighted by Gasteiger charge is 2.13. The van der Waals surface area contributed by atoms with Crippen molar-refractivity contribution in [1.82, 2.24) is 20.2 Å². The van der Waals surface area contributed by atoms with Crippen molar-refractivity contribution < 1.29 is 4.74 Å². The smallest absolute Gasteiger partial charge is 0.194 e. The maximum atomic E-state index is 5.49. The lowest BCUT2D eigenvalue weighted by Gasteiger charge is -2.21. The van der Waals surface area contributed by atoms with Crippen molar-refractivity contribution in [3.8, 4) is 11.3 Å². The van der Waals surface area contributed by atoms with E-state index in [1.807, 2.05) is 31.4 Å². The summed E-state index contributed by atoms with van der Waals surface area (Å²) in [5, 5.41) is 3.43. The molecule has 2 heterocycles. The van der Waals surface area contributed by atoms with Crippen LogP contribution in [0.4, 0.5) is 0 Å². The first-order chi connectivity index (χ1) is 13.7. The van der Waals surface area contributed by atoms with Crippen molar-refractivity contribution in [3.63, 3.8) is 0 Å². The molecular formula is C22H26IN5O. The quantitative estimate of drug-likeness (QED) is 0.315. The Balaban J connectivity index is 0.00000240. The van der Waals surface area contributed by atoms with Crippen molar-refractivity contribution in [3.05, 3.63) is 77.2 Å². The molecular weight excluding hydrogens is 477 g/mol. The van der Waals surface area contributed by atoms with Gasteiger partial charge < -0.3 is 19.9 Å². The molecule has 2 N–H and O–H groups in total. The topological polar surface area (TPSA) is 65.5 Å². The molecule has 4 rings (SSSR count). The first kappa shape index (κ1) is 21.3. The fourth-order valence-electron chi connectivity index (χ4n) is 3.41. The minimum atomic E-state index is 0. The van der Waals surface area contributed by atoms with Crippen molar-refractivity contribution in [2.24, 2.45) is 4.99 Å². The summed E-state index contributed by atoms with van der Waals surface area (Å²) in [5.74, 6) is 1.73. The molecule has 0 spiro atoms. The van der Waals surface area contributed by atoms with E-state index in [0.29, 0.717) is 13.2 Å². The Kier molecular flexibility index (Phi) is 7.27. The van der Waals surface area contributed by atoms with Gasteiger partial charge in [0, 0.05) is 20.6 Å². The highest BCUT2D eigenvalue weighted by molar-refractivity contribution is 14.0. The average Bonchev–Trinajstić information content (AvgIpc) is 3.38. The molecule has 152 valence electrons. The van der Waals surface area contributed by atoms with E-state index in [4.69, 9.17) is 4.74 Å². The van der Waals surface area contributed by atoms with E-state index >= 15 is 0 Å². The molecule has 29 heavy (non-hydrogen) atoms. The number of fused-ring (bicyclic) bond motifs is 1. The Morgan fingerprint density at radius 1 is 1.17 bits per heavy atom. The molecule has 0 unspecified atom stereocenters. The summed E-state index contributed by atoms with van der Waals surface area (Å²) in [5.41, 5.74) is 5.95. The highest BCUT2D eigenvalue weighted by Crippen LogP contribution is 2.21. The molecule has 0 saturated heterocycles. The maximum Gasteiger partial charge on any atom is 0.194 e. The molecule has 1 aliphatic heterocycles. The van der Waals surface area contributed by atoms with Gasteiger partial charge in [-0.25, -0.2) is 4.98 Å². The number of H-pyrrole nitrogens is 1. The number of benzene rings is 2. The number of hydrogen-bond donors (Lipinski definition) is 2. The minimum Gasteiger partial charge on any atom is -0.372 e. The van der Waals surface area contributed by atoms with Crippen molar-refractivity contribution >= 4 is 29.9 Å². The molecule has 0 amide bonds. The molecule has 0 aliphatic carbocycles. The predicted molar refractivity (Wildman–Crippen MR) is 126 cm³/mol. The number of rotatable bonds is 5. The van der Waals surface area contributed by atoms with Gasteiger partial charge in [-0.1, -0.05) is 48.5 Å². The first-order valence-electron chi connectivity index (χ1n) is 9.42. The number of imidazole rings is 1. The van der Waals surface area contributed by atoms with Crippen LogP contribution in [0.5, 0.6) is 0 Å². The largest absolute Gasteiger partial charge is 0.372 e. The van der Waals surface area contributed by atoms with E-state index in [9.17, 15) is 0 Å². The van der Waals surface area contributed by atoms with Crippen molar-refractivity contribution in [2.75, 3.05) is 14.1 Å². The van der Waals surface area contributed by atoms with Crippen LogP contribution in [-0.2, 0) is 31.0 Å². The second-order valence-electron chi connectivity index (χ2n) is 6.96. The van der Waals surface area contributed by atoms with E-state index in [0.717, 1.165) is 36.2 Å². The number of hydrogen-bond acceptors (Lipinski definition) is 3. The average molecular weight is 503 g/mol. The fourth-order valence-corrected chi connectivity index (χ4v) is 3.41. The summed E-state index contributed by atoms with van der Waals surface area (Å²) in [6, 6.07) is 16.7. The minimum absolute atomic E-state index is 0. The van der Waals surface area contributed by atoms with Crippen molar-refractivity contribution in [2.45, 2.75) is 26.3 Å². The van der Waals surface area contributed by atoms with Crippen LogP contribution < -0.4 is 5.32 Å². The van der Waals surface area contributed by atoms with Crippen molar-refractivity contribution in [1.29, 1.82) is 0 Å². The lowest BCUT2D eigenvalue weighted by Crippen LogP contribution is -2.38. The van der Waals surface area contributed by atoms with E-state index < -0.39 is 0 Å². The molecule has 0 atom stereocenters. The Labute approximate surface area is 188 Å². The second-order valence-corrected chi connectivity index (χ2v) is 6.96. The van der Waals surface area contributed by atoms with Crippen LogP contribution in [0.1, 0.15) is 22.5 Å². The molecule has 7 heteroatoms. The van der Waals surface area contributed by atoms with E-state index in [-0.39, 0.29) is 24.0 Å². The highest BCUT2D eigenvalue weighted by atomic mass is 127. The molecule has 0 saturated carbocycles. The number of ether oxygens (including phenoxy) is 1. The van der Waals surface area contributed by atoms with Crippen LogP contribution in [0, 0.1) is 0 Å². The molecule has 1 aromatic heterocycles. The zero-order valence-electron chi connectivity index (χ0n) is 16.7. The van der Waals surface area contributed by atoms with E-state index in [2.05, 4.69) is 55.5 Å². The van der Waals surface area contributed by atoms with Crippen LogP contribution in [0.2, 0.25) is 0 Å². The number of aliphatic imine (C=N–C) groups is 1. The third kappa shape index (κ3) is 5.16. The number of aromatic nitrogens is 2. The van der Waals surface area contributed by atoms with Gasteiger partial charge in [-0.05, 0) is 22.3 Å². The number of halogens is 1. The van der Waals surface area contributed by atoms with Gasteiger partial charge in [0.2, 0.25) is 0 Å². The summed E-state index contributed by atoms with van der Waals surface area (Å²) in [6.45, 7) is 2.80. The zero-order valence-corrected chi connectivity index (χ0v) is 19.0. The number of guanidine groups is 1. The summed E-state index contributed by atoms with van der Waals surface area (Å²) in [4.78, 5) is 14.4. The van der Waals surface area contributed by atoms with Crippen LogP contribution >= 0.6 is 24.0 Å². The lowest BCUT2D eigenvalue weighted by atomic mass is 10.1. The first-order valence-corrected chi connectivity index (χ1v) is 9.42. The molecule has 0 fully saturated rings. The summed E-state index contributed by atoms with van der Waals surface area (Å²) in [6.07, 6.45) is 1.88. The molecule has 0 radical (unpaired) electrons. The third-order valence-electron chi connectivity index (χ3n) is 4.91. The SMILES string of the molecule is CN=C(NCc1ccc2c(c1)COC2)N(C)Cc1ncc(-c2ccccc2)[nH]1.I. The third-order valence-corrected chi connectivity index (χ3v) is 4.91. The molecule has 3 aromatic rings. The lowest BCUT2D eigenvalue weighted by molar-refractivity contribution is 0.134. The van der Waals surface area contributed by atoms with Gasteiger partial charge in [-0.15, -0.1) is 24.0 Å². The van der Waals surface area contributed by atoms with Crippen LogP contribution in [-0.4, -0.2) is 34.9 Å². The van der Waals surface area contributed by atoms with Gasteiger partial charge in [-0.2, -0.15) is 0 Å². The van der Waals surface area contributed by atoms with Gasteiger partial charge in [-0.3, -0.25) is 4.99 Å². The molecule has 1 aliphatic rings. The Hall–Kier alpha value is -2.39. The predicted octanol–water partition coefficient (Wildman–Crippen LogP) is 3.93. The van der Waals surface area contributed by atoms with E-state index in [1.165, 1.54) is 16.7 Å². The number of aromatic amines is 1. The second kappa shape index (κ2) is 9.89. The van der Waals surface area contributed by atoms with Crippen LogP contribution in [0.15, 0.2) is 59.7 Å².